The first-order chi connectivity index (χ1) is 10.0. The first-order valence-electron chi connectivity index (χ1n) is 7.64. The lowest BCUT2D eigenvalue weighted by Gasteiger charge is -2.41. The van der Waals surface area contributed by atoms with E-state index >= 15 is 0 Å². The summed E-state index contributed by atoms with van der Waals surface area (Å²) in [5.41, 5.74) is 6.49. The molecule has 0 unspecified atom stereocenters. The summed E-state index contributed by atoms with van der Waals surface area (Å²) >= 11 is 0. The van der Waals surface area contributed by atoms with Crippen LogP contribution in [0.25, 0.3) is 5.57 Å². The molecule has 2 nitrogen and oxygen atoms in total. The quantitative estimate of drug-likeness (QED) is 0.742. The summed E-state index contributed by atoms with van der Waals surface area (Å²) in [4.78, 5) is 6.50. The van der Waals surface area contributed by atoms with Crippen molar-refractivity contribution in [3.63, 3.8) is 0 Å². The summed E-state index contributed by atoms with van der Waals surface area (Å²) < 4.78 is 0. The highest BCUT2D eigenvalue weighted by molar-refractivity contribution is 6.09. The molecule has 1 saturated heterocycles. The molecule has 112 valence electrons. The van der Waals surface area contributed by atoms with Gasteiger partial charge in [-0.1, -0.05) is 30.9 Å². The number of aliphatic imine (C=N–C) groups is 1. The van der Waals surface area contributed by atoms with Gasteiger partial charge in [-0.3, -0.25) is 4.99 Å². The van der Waals surface area contributed by atoms with Gasteiger partial charge in [0.2, 0.25) is 0 Å². The second-order valence-electron chi connectivity index (χ2n) is 5.98. The fraction of sp³-hybridized carbons (Fsp3) is 0.421. The second kappa shape index (κ2) is 6.75. The predicted molar refractivity (Wildman–Crippen MR) is 92.8 cm³/mol. The molecule has 1 aliphatic rings. The van der Waals surface area contributed by atoms with Crippen LogP contribution in [-0.4, -0.2) is 31.3 Å². The van der Waals surface area contributed by atoms with E-state index in [0.29, 0.717) is 0 Å². The van der Waals surface area contributed by atoms with Gasteiger partial charge in [0.25, 0.3) is 0 Å². The molecule has 0 amide bonds. The average Bonchev–Trinajstić information content (AvgIpc) is 2.41. The Morgan fingerprint density at radius 3 is 2.71 bits per heavy atom. The summed E-state index contributed by atoms with van der Waals surface area (Å²) in [6.07, 6.45) is 5.21. The third-order valence-electron chi connectivity index (χ3n) is 4.27. The summed E-state index contributed by atoms with van der Waals surface area (Å²) in [6.45, 7) is 12.7. The van der Waals surface area contributed by atoms with Gasteiger partial charge in [0, 0.05) is 32.0 Å². The molecular weight excluding hydrogens is 256 g/mol. The number of nitrogens with zero attached hydrogens (tertiary/aromatic N) is 2. The molecule has 21 heavy (non-hydrogen) atoms. The fourth-order valence-corrected chi connectivity index (χ4v) is 2.85. The van der Waals surface area contributed by atoms with Gasteiger partial charge in [-0.25, -0.2) is 0 Å². The molecule has 2 rings (SSSR count). The molecule has 0 aliphatic carbocycles. The van der Waals surface area contributed by atoms with Gasteiger partial charge in [0.05, 0.1) is 0 Å². The molecule has 1 fully saturated rings. The van der Waals surface area contributed by atoms with Crippen molar-refractivity contribution in [1.29, 1.82) is 0 Å². The van der Waals surface area contributed by atoms with E-state index in [1.54, 1.807) is 0 Å². The van der Waals surface area contributed by atoms with Gasteiger partial charge in [-0.15, -0.1) is 0 Å². The van der Waals surface area contributed by atoms with E-state index in [9.17, 15) is 0 Å². The number of allylic oxidation sites excluding steroid dienone is 3. The monoisotopic (exact) mass is 282 g/mol. The van der Waals surface area contributed by atoms with Crippen molar-refractivity contribution in [2.24, 2.45) is 10.9 Å². The van der Waals surface area contributed by atoms with Crippen LogP contribution in [0, 0.1) is 12.8 Å². The smallest absolute Gasteiger partial charge is 0.0284 e. The molecule has 1 aromatic rings. The summed E-state index contributed by atoms with van der Waals surface area (Å²) in [5.74, 6) is 0.754. The zero-order chi connectivity index (χ0) is 15.4. The highest BCUT2D eigenvalue weighted by Crippen LogP contribution is 2.26. The Morgan fingerprint density at radius 2 is 2.14 bits per heavy atom. The van der Waals surface area contributed by atoms with E-state index in [1.807, 2.05) is 13.3 Å². The van der Waals surface area contributed by atoms with E-state index in [1.165, 1.54) is 28.0 Å². The molecule has 1 heterocycles. The lowest BCUT2D eigenvalue weighted by atomic mass is 9.88. The maximum absolute atomic E-state index is 4.14. The van der Waals surface area contributed by atoms with Crippen molar-refractivity contribution in [2.75, 3.05) is 20.1 Å². The lowest BCUT2D eigenvalue weighted by molar-refractivity contribution is 0.144. The molecule has 2 heteroatoms. The van der Waals surface area contributed by atoms with E-state index in [-0.39, 0.29) is 0 Å². The van der Waals surface area contributed by atoms with Crippen LogP contribution in [-0.2, 0) is 6.42 Å². The standard InChI is InChI=1S/C19H26N2/c1-6-17(11-20-5)18-8-7-15(4)19(10-18)9-16-12-21(13-16)14(2)3/h6-8,10-11,16H,2,9,12-13H2,1,3-5H3/b17-6+,20-11-. The number of hydrogen-bond donors (Lipinski definition) is 0. The third kappa shape index (κ3) is 3.63. The zero-order valence-electron chi connectivity index (χ0n) is 13.7. The van der Waals surface area contributed by atoms with Crippen LogP contribution in [0.5, 0.6) is 0 Å². The minimum atomic E-state index is 0.754. The van der Waals surface area contributed by atoms with Crippen LogP contribution in [0.4, 0.5) is 0 Å². The minimum Gasteiger partial charge on any atom is -0.375 e. The summed E-state index contributed by atoms with van der Waals surface area (Å²) in [7, 11) is 1.82. The Kier molecular flexibility index (Phi) is 5.00. The number of aryl methyl sites for hydroxylation is 1. The molecule has 0 aromatic heterocycles. The van der Waals surface area contributed by atoms with Gasteiger partial charge in [-0.2, -0.15) is 0 Å². The van der Waals surface area contributed by atoms with Gasteiger partial charge in [-0.05, 0) is 55.4 Å². The fourth-order valence-electron chi connectivity index (χ4n) is 2.85. The number of benzene rings is 1. The predicted octanol–water partition coefficient (Wildman–Crippen LogP) is 4.11. The maximum atomic E-state index is 4.14. The Balaban J connectivity index is 2.12. The normalized spacial score (nSPS) is 16.4. The first kappa shape index (κ1) is 15.6. The van der Waals surface area contributed by atoms with Gasteiger partial charge in [0.1, 0.15) is 0 Å². The molecule has 0 bridgehead atoms. The van der Waals surface area contributed by atoms with E-state index < -0.39 is 0 Å². The Morgan fingerprint density at radius 1 is 1.43 bits per heavy atom. The summed E-state index contributed by atoms with van der Waals surface area (Å²) in [5, 5.41) is 0. The molecule has 0 radical (unpaired) electrons. The second-order valence-corrected chi connectivity index (χ2v) is 5.98. The van der Waals surface area contributed by atoms with Crippen molar-refractivity contribution in [3.05, 3.63) is 53.2 Å². The lowest BCUT2D eigenvalue weighted by Crippen LogP contribution is -2.46. The molecule has 0 spiro atoms. The van der Waals surface area contributed by atoms with Crippen LogP contribution in [0.15, 0.2) is 41.5 Å². The van der Waals surface area contributed by atoms with Crippen LogP contribution in [0.3, 0.4) is 0 Å². The molecule has 0 atom stereocenters. The molecule has 1 aromatic carbocycles. The van der Waals surface area contributed by atoms with E-state index in [0.717, 1.165) is 25.4 Å². The average molecular weight is 282 g/mol. The molecule has 1 aliphatic heterocycles. The molecule has 0 N–H and O–H groups in total. The van der Waals surface area contributed by atoms with Crippen LogP contribution in [0.2, 0.25) is 0 Å². The van der Waals surface area contributed by atoms with E-state index in [2.05, 4.69) is 61.5 Å². The van der Waals surface area contributed by atoms with Gasteiger partial charge < -0.3 is 4.90 Å². The van der Waals surface area contributed by atoms with E-state index in [4.69, 9.17) is 0 Å². The van der Waals surface area contributed by atoms with Crippen molar-refractivity contribution >= 4 is 11.8 Å². The number of rotatable bonds is 5. The van der Waals surface area contributed by atoms with Crippen LogP contribution < -0.4 is 0 Å². The Bertz CT molecular complexity index is 575. The highest BCUT2D eigenvalue weighted by atomic mass is 15.2. The van der Waals surface area contributed by atoms with Crippen molar-refractivity contribution in [1.82, 2.24) is 4.90 Å². The maximum Gasteiger partial charge on any atom is 0.0284 e. The molecule has 0 saturated carbocycles. The summed E-state index contributed by atoms with van der Waals surface area (Å²) in [6, 6.07) is 6.75. The molecular formula is C19H26N2. The Hall–Kier alpha value is -1.83. The topological polar surface area (TPSA) is 15.6 Å². The van der Waals surface area contributed by atoms with Crippen molar-refractivity contribution in [2.45, 2.75) is 27.2 Å². The first-order valence-corrected chi connectivity index (χ1v) is 7.64. The SMILES string of the molecule is C=C(C)N1CC(Cc2cc(C(/C=N\C)=C/C)ccc2C)C1. The largest absolute Gasteiger partial charge is 0.375 e. The van der Waals surface area contributed by atoms with Gasteiger partial charge in [0.15, 0.2) is 0 Å². The Labute approximate surface area is 128 Å². The van der Waals surface area contributed by atoms with Crippen LogP contribution >= 0.6 is 0 Å². The van der Waals surface area contributed by atoms with Crippen molar-refractivity contribution in [3.8, 4) is 0 Å². The number of hydrogen-bond acceptors (Lipinski definition) is 2. The van der Waals surface area contributed by atoms with Gasteiger partial charge >= 0.3 is 0 Å². The highest BCUT2D eigenvalue weighted by Gasteiger charge is 2.26. The van der Waals surface area contributed by atoms with Crippen LogP contribution in [0.1, 0.15) is 30.5 Å². The minimum absolute atomic E-state index is 0.754. The third-order valence-corrected chi connectivity index (χ3v) is 4.27. The number of likely N-dealkylation sites (tertiary alicyclic amines) is 1. The van der Waals surface area contributed by atoms with Crippen molar-refractivity contribution < 1.29 is 0 Å². The zero-order valence-corrected chi connectivity index (χ0v) is 13.7.